The van der Waals surface area contributed by atoms with Gasteiger partial charge >= 0.3 is 0 Å². The molecule has 0 aromatic rings. The van der Waals surface area contributed by atoms with E-state index in [0.717, 1.165) is 5.92 Å². The molecule has 0 spiro atoms. The third-order valence-corrected chi connectivity index (χ3v) is 3.86. The quantitative estimate of drug-likeness (QED) is 0.590. The number of unbranched alkanes of at least 4 members (excludes halogenated alkanes) is 2. The van der Waals surface area contributed by atoms with E-state index in [1.54, 1.807) is 0 Å². The van der Waals surface area contributed by atoms with Gasteiger partial charge in [0.15, 0.2) is 0 Å². The predicted octanol–water partition coefficient (Wildman–Crippen LogP) is 3.28. The molecule has 0 aromatic carbocycles. The molecule has 2 nitrogen and oxygen atoms in total. The maximum Gasteiger partial charge on any atom is 0.000661 e. The highest BCUT2D eigenvalue weighted by Gasteiger charge is 2.16. The van der Waals surface area contributed by atoms with Crippen LogP contribution in [0.15, 0.2) is 0 Å². The van der Waals surface area contributed by atoms with Crippen molar-refractivity contribution in [3.63, 3.8) is 0 Å². The van der Waals surface area contributed by atoms with E-state index in [2.05, 4.69) is 24.2 Å². The zero-order chi connectivity index (χ0) is 12.3. The van der Waals surface area contributed by atoms with Gasteiger partial charge in [0.2, 0.25) is 0 Å². The molecule has 0 atom stereocenters. The monoisotopic (exact) mass is 240 g/mol. The van der Waals surface area contributed by atoms with E-state index in [1.165, 1.54) is 77.5 Å². The van der Waals surface area contributed by atoms with E-state index in [1.807, 2.05) is 0 Å². The Bertz CT molecular complexity index is 164. The summed E-state index contributed by atoms with van der Waals surface area (Å²) in [6, 6.07) is 0. The van der Waals surface area contributed by atoms with Crippen LogP contribution >= 0.6 is 0 Å². The van der Waals surface area contributed by atoms with Gasteiger partial charge in [-0.2, -0.15) is 0 Å². The second-order valence-corrected chi connectivity index (χ2v) is 5.72. The lowest BCUT2D eigenvalue weighted by molar-refractivity contribution is 0.272. The van der Waals surface area contributed by atoms with Gasteiger partial charge < -0.3 is 10.2 Å². The number of nitrogens with one attached hydrogen (secondary N) is 1. The van der Waals surface area contributed by atoms with Crippen LogP contribution in [0.4, 0.5) is 0 Å². The number of hydrogen-bond acceptors (Lipinski definition) is 2. The van der Waals surface area contributed by atoms with Gasteiger partial charge in [-0.1, -0.05) is 26.2 Å². The number of rotatable bonds is 10. The first-order chi connectivity index (χ1) is 8.33. The summed E-state index contributed by atoms with van der Waals surface area (Å²) in [5.41, 5.74) is 0. The Morgan fingerprint density at radius 1 is 1.06 bits per heavy atom. The fourth-order valence-corrected chi connectivity index (χ4v) is 2.84. The molecule has 1 aliphatic carbocycles. The molecule has 0 bridgehead atoms. The first kappa shape index (κ1) is 15.0. The van der Waals surface area contributed by atoms with Gasteiger partial charge in [-0.15, -0.1) is 0 Å². The van der Waals surface area contributed by atoms with E-state index in [9.17, 15) is 0 Å². The van der Waals surface area contributed by atoms with Crippen LogP contribution in [0.2, 0.25) is 0 Å². The van der Waals surface area contributed by atoms with Crippen LogP contribution in [-0.2, 0) is 0 Å². The van der Waals surface area contributed by atoms with Crippen molar-refractivity contribution >= 4 is 0 Å². The van der Waals surface area contributed by atoms with E-state index in [-0.39, 0.29) is 0 Å². The minimum Gasteiger partial charge on any atom is -0.317 e. The second kappa shape index (κ2) is 9.90. The fraction of sp³-hybridized carbons (Fsp3) is 1.00. The summed E-state index contributed by atoms with van der Waals surface area (Å²) < 4.78 is 0. The summed E-state index contributed by atoms with van der Waals surface area (Å²) in [6.07, 6.45) is 11.3. The largest absolute Gasteiger partial charge is 0.317 e. The first-order valence-corrected chi connectivity index (χ1v) is 7.72. The lowest BCUT2D eigenvalue weighted by Crippen LogP contribution is -2.25. The molecule has 0 aliphatic heterocycles. The molecule has 1 fully saturated rings. The molecule has 0 aromatic heterocycles. The molecule has 1 aliphatic rings. The maximum absolute atomic E-state index is 3.47. The molecule has 0 saturated heterocycles. The Hall–Kier alpha value is -0.0800. The van der Waals surface area contributed by atoms with E-state index in [0.29, 0.717) is 0 Å². The Kier molecular flexibility index (Phi) is 8.72. The van der Waals surface area contributed by atoms with Crippen LogP contribution < -0.4 is 5.32 Å². The van der Waals surface area contributed by atoms with Gasteiger partial charge in [0.05, 0.1) is 0 Å². The molecule has 2 heteroatoms. The molecule has 0 amide bonds. The van der Waals surface area contributed by atoms with Gasteiger partial charge in [-0.25, -0.2) is 0 Å². The van der Waals surface area contributed by atoms with Crippen LogP contribution in [0.5, 0.6) is 0 Å². The van der Waals surface area contributed by atoms with Crippen LogP contribution in [-0.4, -0.2) is 38.1 Å². The summed E-state index contributed by atoms with van der Waals surface area (Å²) in [7, 11) is 2.30. The molecule has 0 heterocycles. The smallest absolute Gasteiger partial charge is 0.000661 e. The predicted molar refractivity (Wildman–Crippen MR) is 76.5 cm³/mol. The zero-order valence-corrected chi connectivity index (χ0v) is 12.0. The fourth-order valence-electron chi connectivity index (χ4n) is 2.84. The summed E-state index contributed by atoms with van der Waals surface area (Å²) in [5, 5.41) is 3.47. The average molecular weight is 240 g/mol. The topological polar surface area (TPSA) is 15.3 Å². The molecular formula is C15H32N2. The van der Waals surface area contributed by atoms with Crippen molar-refractivity contribution in [1.29, 1.82) is 0 Å². The van der Waals surface area contributed by atoms with Crippen molar-refractivity contribution in [2.45, 2.75) is 58.3 Å². The Morgan fingerprint density at radius 3 is 2.53 bits per heavy atom. The Labute approximate surface area is 108 Å². The van der Waals surface area contributed by atoms with Crippen molar-refractivity contribution in [1.82, 2.24) is 10.2 Å². The van der Waals surface area contributed by atoms with Crippen molar-refractivity contribution < 1.29 is 0 Å². The van der Waals surface area contributed by atoms with Crippen LogP contribution in [0.25, 0.3) is 0 Å². The highest BCUT2D eigenvalue weighted by molar-refractivity contribution is 4.70. The second-order valence-electron chi connectivity index (χ2n) is 5.72. The van der Waals surface area contributed by atoms with Crippen LogP contribution in [0, 0.1) is 5.92 Å². The average Bonchev–Trinajstić information content (AvgIpc) is 2.80. The minimum absolute atomic E-state index is 1.01. The summed E-state index contributed by atoms with van der Waals surface area (Å²) in [4.78, 5) is 2.55. The normalized spacial score (nSPS) is 17.1. The van der Waals surface area contributed by atoms with Gasteiger partial charge in [-0.05, 0) is 64.7 Å². The molecule has 0 unspecified atom stereocenters. The van der Waals surface area contributed by atoms with Gasteiger partial charge in [0.25, 0.3) is 0 Å². The standard InChI is InChI=1S/C15H32N2/c1-3-11-16-12-7-4-8-13-17(2)14-15-9-5-6-10-15/h15-16H,3-14H2,1-2H3. The third kappa shape index (κ3) is 7.77. The summed E-state index contributed by atoms with van der Waals surface area (Å²) >= 11 is 0. The van der Waals surface area contributed by atoms with Gasteiger partial charge in [0, 0.05) is 6.54 Å². The Morgan fingerprint density at radius 2 is 1.82 bits per heavy atom. The highest BCUT2D eigenvalue weighted by Crippen LogP contribution is 2.25. The van der Waals surface area contributed by atoms with Crippen molar-refractivity contribution in [3.8, 4) is 0 Å². The summed E-state index contributed by atoms with van der Waals surface area (Å²) in [5.74, 6) is 1.01. The first-order valence-electron chi connectivity index (χ1n) is 7.72. The Balaban J connectivity index is 1.84. The lowest BCUT2D eigenvalue weighted by atomic mass is 10.1. The molecule has 0 radical (unpaired) electrons. The van der Waals surface area contributed by atoms with Crippen LogP contribution in [0.1, 0.15) is 58.3 Å². The van der Waals surface area contributed by atoms with E-state index in [4.69, 9.17) is 0 Å². The van der Waals surface area contributed by atoms with E-state index < -0.39 is 0 Å². The van der Waals surface area contributed by atoms with Crippen molar-refractivity contribution in [3.05, 3.63) is 0 Å². The highest BCUT2D eigenvalue weighted by atomic mass is 15.1. The van der Waals surface area contributed by atoms with Crippen molar-refractivity contribution in [2.75, 3.05) is 33.2 Å². The zero-order valence-electron chi connectivity index (χ0n) is 12.0. The molecular weight excluding hydrogens is 208 g/mol. The molecule has 1 rings (SSSR count). The number of hydrogen-bond donors (Lipinski definition) is 1. The molecule has 1 saturated carbocycles. The third-order valence-electron chi connectivity index (χ3n) is 3.86. The SMILES string of the molecule is CCCNCCCCCN(C)CC1CCCC1. The molecule has 17 heavy (non-hydrogen) atoms. The van der Waals surface area contributed by atoms with Gasteiger partial charge in [-0.3, -0.25) is 0 Å². The molecule has 102 valence electrons. The van der Waals surface area contributed by atoms with Gasteiger partial charge in [0.1, 0.15) is 0 Å². The lowest BCUT2D eigenvalue weighted by Gasteiger charge is -2.20. The van der Waals surface area contributed by atoms with E-state index >= 15 is 0 Å². The van der Waals surface area contributed by atoms with Crippen molar-refractivity contribution in [2.24, 2.45) is 5.92 Å². The number of nitrogens with zero attached hydrogens (tertiary/aromatic N) is 1. The minimum atomic E-state index is 1.01. The molecule has 1 N–H and O–H groups in total. The maximum atomic E-state index is 3.47. The summed E-state index contributed by atoms with van der Waals surface area (Å²) in [6.45, 7) is 7.26. The van der Waals surface area contributed by atoms with Crippen LogP contribution in [0.3, 0.4) is 0 Å².